The van der Waals surface area contributed by atoms with E-state index in [0.29, 0.717) is 5.69 Å². The molecule has 1 aromatic heterocycles. The molecular weight excluding hydrogens is 315 g/mol. The predicted molar refractivity (Wildman–Crippen MR) is 74.5 cm³/mol. The van der Waals surface area contributed by atoms with Crippen LogP contribution >= 0.6 is 11.6 Å². The van der Waals surface area contributed by atoms with Gasteiger partial charge in [0, 0.05) is 6.07 Å². The SMILES string of the molecule is COC(=O)[C@@H](NC(=O)Cc1ccon1)c1ccc(Cl)c(F)c1. The van der Waals surface area contributed by atoms with E-state index in [1.807, 2.05) is 0 Å². The van der Waals surface area contributed by atoms with Crippen LogP contribution in [0.4, 0.5) is 4.39 Å². The highest BCUT2D eigenvalue weighted by molar-refractivity contribution is 6.30. The first-order valence-electron chi connectivity index (χ1n) is 6.22. The number of benzene rings is 1. The van der Waals surface area contributed by atoms with Gasteiger partial charge >= 0.3 is 5.97 Å². The van der Waals surface area contributed by atoms with Gasteiger partial charge in [-0.15, -0.1) is 0 Å². The Bertz CT molecular complexity index is 675. The van der Waals surface area contributed by atoms with Crippen molar-refractivity contribution in [1.82, 2.24) is 10.5 Å². The van der Waals surface area contributed by atoms with E-state index in [1.54, 1.807) is 0 Å². The lowest BCUT2D eigenvalue weighted by Crippen LogP contribution is -2.35. The first-order valence-corrected chi connectivity index (χ1v) is 6.60. The molecule has 0 fully saturated rings. The van der Waals surface area contributed by atoms with Crippen molar-refractivity contribution in [2.24, 2.45) is 0 Å². The number of aromatic nitrogens is 1. The normalized spacial score (nSPS) is 11.8. The maximum atomic E-state index is 13.5. The third-order valence-corrected chi connectivity index (χ3v) is 3.16. The second kappa shape index (κ2) is 7.04. The third-order valence-electron chi connectivity index (χ3n) is 2.85. The lowest BCUT2D eigenvalue weighted by atomic mass is 10.1. The quantitative estimate of drug-likeness (QED) is 0.850. The summed E-state index contributed by atoms with van der Waals surface area (Å²) in [6.45, 7) is 0. The summed E-state index contributed by atoms with van der Waals surface area (Å²) < 4.78 is 22.8. The predicted octanol–water partition coefficient (Wildman–Crippen LogP) is 2.04. The zero-order chi connectivity index (χ0) is 16.1. The van der Waals surface area contributed by atoms with E-state index in [0.717, 1.165) is 6.07 Å². The first kappa shape index (κ1) is 16.0. The van der Waals surface area contributed by atoms with Crippen LogP contribution in [0.25, 0.3) is 0 Å². The molecule has 1 heterocycles. The number of amides is 1. The molecule has 1 aromatic carbocycles. The van der Waals surface area contributed by atoms with Gasteiger partial charge in [0.15, 0.2) is 6.04 Å². The standard InChI is InChI=1S/C14H12ClFN2O4/c1-21-14(20)13(8-2-3-10(15)11(16)6-8)17-12(19)7-9-4-5-22-18-9/h2-6,13H,7H2,1H3,(H,17,19)/t13-/m0/s1. The van der Waals surface area contributed by atoms with Gasteiger partial charge in [-0.05, 0) is 17.7 Å². The zero-order valence-corrected chi connectivity index (χ0v) is 12.3. The fourth-order valence-electron chi connectivity index (χ4n) is 1.79. The molecule has 1 amide bonds. The molecular formula is C14H12ClFN2O4. The van der Waals surface area contributed by atoms with Crippen molar-refractivity contribution in [2.45, 2.75) is 12.5 Å². The molecule has 22 heavy (non-hydrogen) atoms. The van der Waals surface area contributed by atoms with Gasteiger partial charge in [-0.3, -0.25) is 4.79 Å². The van der Waals surface area contributed by atoms with Crippen molar-refractivity contribution in [1.29, 1.82) is 0 Å². The molecule has 1 atom stereocenters. The van der Waals surface area contributed by atoms with Gasteiger partial charge in [0.2, 0.25) is 5.91 Å². The Labute approximate surface area is 130 Å². The smallest absolute Gasteiger partial charge is 0.333 e. The molecule has 0 aliphatic carbocycles. The molecule has 0 aliphatic heterocycles. The summed E-state index contributed by atoms with van der Waals surface area (Å²) in [7, 11) is 1.17. The molecule has 0 spiro atoms. The average molecular weight is 327 g/mol. The molecule has 0 saturated carbocycles. The molecule has 0 radical (unpaired) electrons. The maximum Gasteiger partial charge on any atom is 0.333 e. The lowest BCUT2D eigenvalue weighted by molar-refractivity contribution is -0.145. The van der Waals surface area contributed by atoms with Crippen LogP contribution in [0.3, 0.4) is 0 Å². The molecule has 0 saturated heterocycles. The Morgan fingerprint density at radius 1 is 1.45 bits per heavy atom. The summed E-state index contributed by atoms with van der Waals surface area (Å²) in [4.78, 5) is 23.8. The number of hydrogen-bond acceptors (Lipinski definition) is 5. The Morgan fingerprint density at radius 2 is 2.23 bits per heavy atom. The van der Waals surface area contributed by atoms with Crippen molar-refractivity contribution < 1.29 is 23.2 Å². The highest BCUT2D eigenvalue weighted by Gasteiger charge is 2.24. The van der Waals surface area contributed by atoms with Crippen molar-refractivity contribution in [3.8, 4) is 0 Å². The van der Waals surface area contributed by atoms with Crippen LogP contribution in [-0.4, -0.2) is 24.1 Å². The van der Waals surface area contributed by atoms with E-state index in [-0.39, 0.29) is 17.0 Å². The van der Waals surface area contributed by atoms with Gasteiger partial charge < -0.3 is 14.6 Å². The van der Waals surface area contributed by atoms with E-state index < -0.39 is 23.7 Å². The second-order valence-electron chi connectivity index (χ2n) is 4.36. The fraction of sp³-hybridized carbons (Fsp3) is 0.214. The number of nitrogens with zero attached hydrogens (tertiary/aromatic N) is 1. The molecule has 0 unspecified atom stereocenters. The Morgan fingerprint density at radius 3 is 2.82 bits per heavy atom. The number of esters is 1. The van der Waals surface area contributed by atoms with Crippen LogP contribution in [0.5, 0.6) is 0 Å². The van der Waals surface area contributed by atoms with Gasteiger partial charge in [0.25, 0.3) is 0 Å². The van der Waals surface area contributed by atoms with Gasteiger partial charge in [0.1, 0.15) is 12.1 Å². The summed E-state index contributed by atoms with van der Waals surface area (Å²) in [5.74, 6) is -1.91. The van der Waals surface area contributed by atoms with Gasteiger partial charge in [-0.1, -0.05) is 22.8 Å². The van der Waals surface area contributed by atoms with Gasteiger partial charge in [0.05, 0.1) is 24.2 Å². The molecule has 116 valence electrons. The molecule has 2 aromatic rings. The van der Waals surface area contributed by atoms with Crippen LogP contribution in [0.15, 0.2) is 35.1 Å². The van der Waals surface area contributed by atoms with Crippen LogP contribution in [0.1, 0.15) is 17.3 Å². The molecule has 8 heteroatoms. The topological polar surface area (TPSA) is 81.4 Å². The number of carbonyl (C=O) groups excluding carboxylic acids is 2. The van der Waals surface area contributed by atoms with Crippen molar-refractivity contribution in [2.75, 3.05) is 7.11 Å². The average Bonchev–Trinajstić information content (AvgIpc) is 3.00. The fourth-order valence-corrected chi connectivity index (χ4v) is 1.91. The van der Waals surface area contributed by atoms with Gasteiger partial charge in [-0.2, -0.15) is 0 Å². The number of carbonyl (C=O) groups is 2. The van der Waals surface area contributed by atoms with Crippen LogP contribution < -0.4 is 5.32 Å². The number of halogens is 2. The summed E-state index contributed by atoms with van der Waals surface area (Å²) in [5.41, 5.74) is 0.630. The maximum absolute atomic E-state index is 13.5. The lowest BCUT2D eigenvalue weighted by Gasteiger charge is -2.17. The first-order chi connectivity index (χ1) is 10.5. The highest BCUT2D eigenvalue weighted by atomic mass is 35.5. The molecule has 2 rings (SSSR count). The van der Waals surface area contributed by atoms with E-state index >= 15 is 0 Å². The van der Waals surface area contributed by atoms with Crippen LogP contribution in [-0.2, 0) is 20.7 Å². The van der Waals surface area contributed by atoms with Crippen molar-refractivity contribution >= 4 is 23.5 Å². The number of ether oxygens (including phenoxy) is 1. The summed E-state index contributed by atoms with van der Waals surface area (Å²) in [6, 6.07) is 4.18. The van der Waals surface area contributed by atoms with E-state index in [2.05, 4.69) is 19.7 Å². The summed E-state index contributed by atoms with van der Waals surface area (Å²) >= 11 is 5.60. The third kappa shape index (κ3) is 3.82. The van der Waals surface area contributed by atoms with Crippen LogP contribution in [0, 0.1) is 5.82 Å². The summed E-state index contributed by atoms with van der Waals surface area (Å²) in [6.07, 6.45) is 1.25. The Balaban J connectivity index is 2.17. The molecule has 6 nitrogen and oxygen atoms in total. The Hall–Kier alpha value is -2.41. The van der Waals surface area contributed by atoms with E-state index in [1.165, 1.54) is 31.6 Å². The minimum absolute atomic E-state index is 0.0821. The van der Waals surface area contributed by atoms with Crippen LogP contribution in [0.2, 0.25) is 5.02 Å². The Kier molecular flexibility index (Phi) is 5.11. The number of methoxy groups -OCH3 is 1. The molecule has 0 bridgehead atoms. The van der Waals surface area contributed by atoms with Gasteiger partial charge in [-0.25, -0.2) is 9.18 Å². The monoisotopic (exact) mass is 326 g/mol. The minimum Gasteiger partial charge on any atom is -0.467 e. The largest absolute Gasteiger partial charge is 0.467 e. The van der Waals surface area contributed by atoms with Crippen molar-refractivity contribution in [3.05, 3.63) is 52.6 Å². The van der Waals surface area contributed by atoms with E-state index in [9.17, 15) is 14.0 Å². The highest BCUT2D eigenvalue weighted by Crippen LogP contribution is 2.21. The van der Waals surface area contributed by atoms with E-state index in [4.69, 9.17) is 11.6 Å². The molecule has 0 aliphatic rings. The number of hydrogen-bond donors (Lipinski definition) is 1. The number of nitrogens with one attached hydrogen (secondary N) is 1. The molecule has 1 N–H and O–H groups in total. The zero-order valence-electron chi connectivity index (χ0n) is 11.5. The minimum atomic E-state index is -1.14. The van der Waals surface area contributed by atoms with Crippen molar-refractivity contribution in [3.63, 3.8) is 0 Å². The summed E-state index contributed by atoms with van der Waals surface area (Å²) in [5, 5.41) is 5.98. The second-order valence-corrected chi connectivity index (χ2v) is 4.77. The number of rotatable bonds is 5.